The summed E-state index contributed by atoms with van der Waals surface area (Å²) in [6.07, 6.45) is 0.568. The third kappa shape index (κ3) is 10.4. The van der Waals surface area contributed by atoms with Crippen molar-refractivity contribution in [2.24, 2.45) is 11.5 Å². The van der Waals surface area contributed by atoms with Crippen molar-refractivity contribution in [2.75, 3.05) is 11.9 Å². The van der Waals surface area contributed by atoms with Crippen LogP contribution in [0, 0.1) is 0 Å². The van der Waals surface area contributed by atoms with Gasteiger partial charge in [-0.2, -0.15) is 0 Å². The molecule has 1 aromatic carbocycles. The van der Waals surface area contributed by atoms with E-state index in [0.29, 0.717) is 31.5 Å². The Balaban J connectivity index is 2.26. The van der Waals surface area contributed by atoms with Crippen LogP contribution in [0.2, 0.25) is 0 Å². The summed E-state index contributed by atoms with van der Waals surface area (Å²) in [5.41, 5.74) is 11.6. The minimum atomic E-state index is -0.843. The summed E-state index contributed by atoms with van der Waals surface area (Å²) in [6.45, 7) is 5.92. The lowest BCUT2D eigenvalue weighted by molar-refractivity contribution is -0.117. The molecule has 0 unspecified atom stereocenters. The van der Waals surface area contributed by atoms with Crippen LogP contribution in [0.15, 0.2) is 24.3 Å². The largest absolute Gasteiger partial charge is 0.445 e. The van der Waals surface area contributed by atoms with Gasteiger partial charge in [0.2, 0.25) is 5.91 Å². The van der Waals surface area contributed by atoms with Gasteiger partial charge < -0.3 is 31.6 Å². The lowest BCUT2D eigenvalue weighted by Gasteiger charge is -2.19. The molecular weight excluding hydrogens is 364 g/mol. The highest BCUT2D eigenvalue weighted by Gasteiger charge is 2.16. The molecule has 156 valence electrons. The molecule has 0 aliphatic rings. The molecule has 9 heteroatoms. The highest BCUT2D eigenvalue weighted by Crippen LogP contribution is 2.12. The molecule has 0 saturated carbocycles. The van der Waals surface area contributed by atoms with Crippen LogP contribution >= 0.6 is 0 Å². The Bertz CT molecular complexity index is 655. The van der Waals surface area contributed by atoms with E-state index in [-0.39, 0.29) is 12.5 Å². The van der Waals surface area contributed by atoms with Crippen molar-refractivity contribution >= 4 is 23.8 Å². The standard InChI is InChI=1S/C19H30N4O5/c1-19(2,3)28-18(26)22-11-5-4-6-15(20)16(24)23-14-9-7-13(8-10-14)12-27-17(21)25/h7-10,15H,4-6,11-12,20H2,1-3H3,(H2,21,25)(H,22,26)(H,23,24)/t15-/m0/s1. The smallest absolute Gasteiger partial charge is 0.407 e. The monoisotopic (exact) mass is 394 g/mol. The van der Waals surface area contributed by atoms with E-state index in [0.717, 1.165) is 5.56 Å². The number of hydrogen-bond acceptors (Lipinski definition) is 6. The SMILES string of the molecule is CC(C)(C)OC(=O)NCCCC[C@H](N)C(=O)Nc1ccc(COC(N)=O)cc1. The van der Waals surface area contributed by atoms with E-state index in [9.17, 15) is 14.4 Å². The van der Waals surface area contributed by atoms with E-state index in [2.05, 4.69) is 15.4 Å². The minimum absolute atomic E-state index is 0.0698. The van der Waals surface area contributed by atoms with E-state index < -0.39 is 23.8 Å². The van der Waals surface area contributed by atoms with Crippen LogP contribution in [-0.2, 0) is 20.9 Å². The third-order valence-electron chi connectivity index (χ3n) is 3.55. The molecular formula is C19H30N4O5. The van der Waals surface area contributed by atoms with E-state index in [1.165, 1.54) is 0 Å². The van der Waals surface area contributed by atoms with Gasteiger partial charge in [0.15, 0.2) is 0 Å². The molecule has 3 amide bonds. The number of rotatable bonds is 9. The fourth-order valence-corrected chi connectivity index (χ4v) is 2.20. The van der Waals surface area contributed by atoms with Gasteiger partial charge in [-0.05, 0) is 57.7 Å². The first kappa shape index (κ1) is 23.2. The van der Waals surface area contributed by atoms with E-state index in [1.54, 1.807) is 45.0 Å². The van der Waals surface area contributed by atoms with Gasteiger partial charge in [0.25, 0.3) is 0 Å². The molecule has 0 saturated heterocycles. The molecule has 9 nitrogen and oxygen atoms in total. The molecule has 0 aromatic heterocycles. The number of anilines is 1. The summed E-state index contributed by atoms with van der Waals surface area (Å²) in [6, 6.07) is 6.16. The van der Waals surface area contributed by atoms with Crippen molar-refractivity contribution < 1.29 is 23.9 Å². The fraction of sp³-hybridized carbons (Fsp3) is 0.526. The number of nitrogens with one attached hydrogen (secondary N) is 2. The lowest BCUT2D eigenvalue weighted by Crippen LogP contribution is -2.36. The topological polar surface area (TPSA) is 146 Å². The highest BCUT2D eigenvalue weighted by molar-refractivity contribution is 5.94. The lowest BCUT2D eigenvalue weighted by atomic mass is 10.1. The van der Waals surface area contributed by atoms with Crippen molar-refractivity contribution in [2.45, 2.75) is 58.3 Å². The number of hydrogen-bond donors (Lipinski definition) is 4. The first-order valence-electron chi connectivity index (χ1n) is 9.11. The number of amides is 3. The fourth-order valence-electron chi connectivity index (χ4n) is 2.20. The molecule has 28 heavy (non-hydrogen) atoms. The third-order valence-corrected chi connectivity index (χ3v) is 3.55. The quantitative estimate of drug-likeness (QED) is 0.473. The summed E-state index contributed by atoms with van der Waals surface area (Å²) >= 11 is 0. The maximum atomic E-state index is 12.1. The van der Waals surface area contributed by atoms with Crippen LogP contribution in [0.4, 0.5) is 15.3 Å². The summed E-state index contributed by atoms with van der Waals surface area (Å²) in [4.78, 5) is 34.2. The normalized spacial score (nSPS) is 12.0. The molecule has 0 aliphatic carbocycles. The Kier molecular flexibility index (Phi) is 9.23. The zero-order valence-electron chi connectivity index (χ0n) is 16.6. The van der Waals surface area contributed by atoms with Gasteiger partial charge in [-0.15, -0.1) is 0 Å². The van der Waals surface area contributed by atoms with Crippen molar-refractivity contribution in [3.63, 3.8) is 0 Å². The molecule has 0 spiro atoms. The minimum Gasteiger partial charge on any atom is -0.445 e. The van der Waals surface area contributed by atoms with Crippen LogP contribution in [-0.4, -0.2) is 36.3 Å². The maximum Gasteiger partial charge on any atom is 0.407 e. The van der Waals surface area contributed by atoms with Crippen molar-refractivity contribution in [3.8, 4) is 0 Å². The molecule has 1 rings (SSSR count). The number of benzene rings is 1. The van der Waals surface area contributed by atoms with Gasteiger partial charge in [0.05, 0.1) is 6.04 Å². The predicted molar refractivity (Wildman–Crippen MR) is 106 cm³/mol. The van der Waals surface area contributed by atoms with Crippen LogP contribution in [0.5, 0.6) is 0 Å². The molecule has 0 heterocycles. The summed E-state index contributed by atoms with van der Waals surface area (Å²) in [5.74, 6) is -0.291. The zero-order chi connectivity index (χ0) is 21.2. The molecule has 0 bridgehead atoms. The zero-order valence-corrected chi connectivity index (χ0v) is 16.6. The molecule has 0 radical (unpaired) electrons. The first-order valence-corrected chi connectivity index (χ1v) is 9.11. The van der Waals surface area contributed by atoms with Crippen molar-refractivity contribution in [3.05, 3.63) is 29.8 Å². The van der Waals surface area contributed by atoms with Crippen LogP contribution in [0.25, 0.3) is 0 Å². The summed E-state index contributed by atoms with van der Waals surface area (Å²) in [5, 5.41) is 5.40. The molecule has 0 aliphatic heterocycles. The molecule has 0 fully saturated rings. The summed E-state index contributed by atoms with van der Waals surface area (Å²) < 4.78 is 9.82. The molecule has 1 aromatic rings. The van der Waals surface area contributed by atoms with Gasteiger partial charge in [-0.3, -0.25) is 4.79 Å². The Morgan fingerprint density at radius 2 is 1.75 bits per heavy atom. The number of nitrogens with two attached hydrogens (primary N) is 2. The highest BCUT2D eigenvalue weighted by atomic mass is 16.6. The van der Waals surface area contributed by atoms with Crippen LogP contribution in [0.1, 0.15) is 45.6 Å². The number of alkyl carbamates (subject to hydrolysis) is 1. The average molecular weight is 394 g/mol. The van der Waals surface area contributed by atoms with Gasteiger partial charge >= 0.3 is 12.2 Å². The second-order valence-electron chi connectivity index (χ2n) is 7.32. The number of carbonyl (C=O) groups is 3. The Hall–Kier alpha value is -2.81. The van der Waals surface area contributed by atoms with Crippen LogP contribution < -0.4 is 22.1 Å². The number of carbonyl (C=O) groups excluding carboxylic acids is 3. The van der Waals surface area contributed by atoms with Gasteiger partial charge in [-0.1, -0.05) is 12.1 Å². The number of unbranched alkanes of at least 4 members (excludes halogenated alkanes) is 1. The average Bonchev–Trinajstić information content (AvgIpc) is 2.59. The maximum absolute atomic E-state index is 12.1. The second-order valence-corrected chi connectivity index (χ2v) is 7.32. The molecule has 1 atom stereocenters. The van der Waals surface area contributed by atoms with Gasteiger partial charge in [0.1, 0.15) is 12.2 Å². The number of ether oxygens (including phenoxy) is 2. The Morgan fingerprint density at radius 3 is 2.32 bits per heavy atom. The van der Waals surface area contributed by atoms with Gasteiger partial charge in [-0.25, -0.2) is 9.59 Å². The predicted octanol–water partition coefficient (Wildman–Crippen LogP) is 2.24. The Morgan fingerprint density at radius 1 is 1.11 bits per heavy atom. The Labute approximate surface area is 165 Å². The number of primary amides is 1. The van der Waals surface area contributed by atoms with Crippen molar-refractivity contribution in [1.82, 2.24) is 5.32 Å². The summed E-state index contributed by atoms with van der Waals surface area (Å²) in [7, 11) is 0. The second kappa shape index (κ2) is 11.1. The van der Waals surface area contributed by atoms with E-state index in [4.69, 9.17) is 16.2 Å². The van der Waals surface area contributed by atoms with Crippen molar-refractivity contribution in [1.29, 1.82) is 0 Å². The van der Waals surface area contributed by atoms with E-state index >= 15 is 0 Å². The molecule has 6 N–H and O–H groups in total. The first-order chi connectivity index (χ1) is 13.1. The van der Waals surface area contributed by atoms with E-state index in [1.807, 2.05) is 0 Å². The van der Waals surface area contributed by atoms with Crippen LogP contribution in [0.3, 0.4) is 0 Å². The van der Waals surface area contributed by atoms with Gasteiger partial charge in [0, 0.05) is 12.2 Å².